The predicted molar refractivity (Wildman–Crippen MR) is 97.0 cm³/mol. The van der Waals surface area contributed by atoms with Gasteiger partial charge in [-0.3, -0.25) is 9.78 Å². The fourth-order valence-corrected chi connectivity index (χ4v) is 3.06. The molecule has 0 saturated carbocycles. The number of piperazine rings is 1. The van der Waals surface area contributed by atoms with Crippen LogP contribution in [0.25, 0.3) is 0 Å². The van der Waals surface area contributed by atoms with Gasteiger partial charge in [0.05, 0.1) is 24.9 Å². The van der Waals surface area contributed by atoms with Crippen LogP contribution in [0.1, 0.15) is 17.0 Å². The summed E-state index contributed by atoms with van der Waals surface area (Å²) in [5.74, 6) is 1.86. The Kier molecular flexibility index (Phi) is 5.16. The average Bonchev–Trinajstić information content (AvgIpc) is 2.64. The summed E-state index contributed by atoms with van der Waals surface area (Å²) in [7, 11) is 1.64. The number of aromatic nitrogens is 2. The van der Waals surface area contributed by atoms with E-state index in [-0.39, 0.29) is 5.91 Å². The molecule has 1 aliphatic heterocycles. The van der Waals surface area contributed by atoms with E-state index >= 15 is 0 Å². The molecule has 6 nitrogen and oxygen atoms in total. The maximum absolute atomic E-state index is 12.6. The van der Waals surface area contributed by atoms with E-state index < -0.39 is 0 Å². The number of aryl methyl sites for hydroxylation is 2. The topological polar surface area (TPSA) is 58.6 Å². The zero-order chi connectivity index (χ0) is 17.8. The van der Waals surface area contributed by atoms with Crippen LogP contribution < -0.4 is 9.64 Å². The van der Waals surface area contributed by atoms with Crippen LogP contribution in [-0.2, 0) is 11.2 Å². The molecule has 0 N–H and O–H groups in total. The normalized spacial score (nSPS) is 14.5. The number of hydrogen-bond donors (Lipinski definition) is 0. The Morgan fingerprint density at radius 2 is 1.96 bits per heavy atom. The van der Waals surface area contributed by atoms with Gasteiger partial charge in [-0.25, -0.2) is 4.98 Å². The molecule has 2 heterocycles. The number of nitrogens with zero attached hydrogens (tertiary/aromatic N) is 4. The molecule has 0 atom stereocenters. The smallest absolute Gasteiger partial charge is 0.227 e. The number of benzene rings is 1. The van der Waals surface area contributed by atoms with E-state index in [4.69, 9.17) is 4.74 Å². The summed E-state index contributed by atoms with van der Waals surface area (Å²) in [5, 5.41) is 0. The Bertz CT molecular complexity index is 755. The second-order valence-electron chi connectivity index (χ2n) is 6.32. The van der Waals surface area contributed by atoms with Crippen LogP contribution in [0.15, 0.2) is 30.5 Å². The van der Waals surface area contributed by atoms with Gasteiger partial charge in [-0.1, -0.05) is 12.1 Å². The van der Waals surface area contributed by atoms with Crippen LogP contribution in [-0.4, -0.2) is 54.1 Å². The van der Waals surface area contributed by atoms with Crippen molar-refractivity contribution in [1.29, 1.82) is 0 Å². The standard InChI is InChI=1S/C19H24N4O2/c1-14-13-20-15(2)19(21-14)23-9-7-22(8-10-23)18(24)12-16-5-4-6-17(11-16)25-3/h4-6,11,13H,7-10,12H2,1-3H3. The van der Waals surface area contributed by atoms with Crippen molar-refractivity contribution in [2.45, 2.75) is 20.3 Å². The number of hydrogen-bond acceptors (Lipinski definition) is 5. The van der Waals surface area contributed by atoms with Crippen LogP contribution in [0.5, 0.6) is 5.75 Å². The molecule has 25 heavy (non-hydrogen) atoms. The van der Waals surface area contributed by atoms with Gasteiger partial charge in [-0.15, -0.1) is 0 Å². The van der Waals surface area contributed by atoms with Gasteiger partial charge >= 0.3 is 0 Å². The summed E-state index contributed by atoms with van der Waals surface area (Å²) in [4.78, 5) is 25.7. The van der Waals surface area contributed by atoms with Gasteiger partial charge in [0.15, 0.2) is 0 Å². The molecule has 0 aliphatic carbocycles. The number of carbonyl (C=O) groups excluding carboxylic acids is 1. The van der Waals surface area contributed by atoms with Gasteiger partial charge in [0.1, 0.15) is 11.6 Å². The summed E-state index contributed by atoms with van der Waals surface area (Å²) >= 11 is 0. The van der Waals surface area contributed by atoms with E-state index in [0.717, 1.165) is 41.6 Å². The van der Waals surface area contributed by atoms with Crippen LogP contribution in [0.4, 0.5) is 5.82 Å². The van der Waals surface area contributed by atoms with Crippen LogP contribution in [0.2, 0.25) is 0 Å². The van der Waals surface area contributed by atoms with Crippen LogP contribution in [0, 0.1) is 13.8 Å². The first-order valence-electron chi connectivity index (χ1n) is 8.52. The molecular formula is C19H24N4O2. The number of rotatable bonds is 4. The van der Waals surface area contributed by atoms with Crippen molar-refractivity contribution in [3.05, 3.63) is 47.4 Å². The van der Waals surface area contributed by atoms with Gasteiger partial charge in [-0.05, 0) is 31.5 Å². The van der Waals surface area contributed by atoms with Gasteiger partial charge in [0.2, 0.25) is 5.91 Å². The largest absolute Gasteiger partial charge is 0.497 e. The second-order valence-corrected chi connectivity index (χ2v) is 6.32. The van der Waals surface area contributed by atoms with E-state index in [0.29, 0.717) is 19.5 Å². The Morgan fingerprint density at radius 3 is 2.68 bits per heavy atom. The lowest BCUT2D eigenvalue weighted by atomic mass is 10.1. The molecule has 1 saturated heterocycles. The molecule has 0 bridgehead atoms. The molecule has 0 spiro atoms. The summed E-state index contributed by atoms with van der Waals surface area (Å²) in [6.07, 6.45) is 2.19. The quantitative estimate of drug-likeness (QED) is 0.852. The van der Waals surface area contributed by atoms with Gasteiger partial charge in [-0.2, -0.15) is 0 Å². The average molecular weight is 340 g/mol. The van der Waals surface area contributed by atoms with Gasteiger partial charge < -0.3 is 14.5 Å². The zero-order valence-electron chi connectivity index (χ0n) is 15.0. The molecule has 3 rings (SSSR count). The van der Waals surface area contributed by atoms with E-state index in [2.05, 4.69) is 14.9 Å². The van der Waals surface area contributed by atoms with E-state index in [1.807, 2.05) is 43.0 Å². The summed E-state index contributed by atoms with van der Waals surface area (Å²) in [5.41, 5.74) is 2.83. The number of amides is 1. The predicted octanol–water partition coefficient (Wildman–Crippen LogP) is 1.99. The van der Waals surface area contributed by atoms with E-state index in [1.165, 1.54) is 0 Å². The zero-order valence-corrected chi connectivity index (χ0v) is 15.0. The summed E-state index contributed by atoms with van der Waals surface area (Å²) in [6.45, 7) is 6.90. The Balaban J connectivity index is 1.60. The molecule has 0 radical (unpaired) electrons. The minimum absolute atomic E-state index is 0.153. The maximum atomic E-state index is 12.6. The molecule has 0 unspecified atom stereocenters. The highest BCUT2D eigenvalue weighted by atomic mass is 16.5. The second kappa shape index (κ2) is 7.51. The lowest BCUT2D eigenvalue weighted by Gasteiger charge is -2.36. The molecule has 132 valence electrons. The van der Waals surface area contributed by atoms with E-state index in [1.54, 1.807) is 13.3 Å². The van der Waals surface area contributed by atoms with Crippen molar-refractivity contribution in [2.24, 2.45) is 0 Å². The monoisotopic (exact) mass is 340 g/mol. The number of anilines is 1. The van der Waals surface area contributed by atoms with Crippen molar-refractivity contribution in [2.75, 3.05) is 38.2 Å². The van der Waals surface area contributed by atoms with Crippen molar-refractivity contribution in [1.82, 2.24) is 14.9 Å². The number of ether oxygens (including phenoxy) is 1. The highest BCUT2D eigenvalue weighted by Crippen LogP contribution is 2.18. The van der Waals surface area contributed by atoms with Gasteiger partial charge in [0, 0.05) is 32.4 Å². The fourth-order valence-electron chi connectivity index (χ4n) is 3.06. The van der Waals surface area contributed by atoms with Crippen molar-refractivity contribution < 1.29 is 9.53 Å². The molecule has 2 aromatic rings. The number of carbonyl (C=O) groups is 1. The first-order valence-corrected chi connectivity index (χ1v) is 8.52. The van der Waals surface area contributed by atoms with Crippen molar-refractivity contribution in [3.63, 3.8) is 0 Å². The highest BCUT2D eigenvalue weighted by Gasteiger charge is 2.23. The molecule has 1 fully saturated rings. The molecule has 1 aromatic carbocycles. The summed E-state index contributed by atoms with van der Waals surface area (Å²) < 4.78 is 5.22. The van der Waals surface area contributed by atoms with Crippen LogP contribution >= 0.6 is 0 Å². The third-order valence-corrected chi connectivity index (χ3v) is 4.47. The molecule has 1 aromatic heterocycles. The SMILES string of the molecule is COc1cccc(CC(=O)N2CCN(c3nc(C)cnc3C)CC2)c1. The molecule has 1 aliphatic rings. The first-order chi connectivity index (χ1) is 12.1. The molecular weight excluding hydrogens is 316 g/mol. The summed E-state index contributed by atoms with van der Waals surface area (Å²) in [6, 6.07) is 7.68. The number of methoxy groups -OCH3 is 1. The van der Waals surface area contributed by atoms with Crippen molar-refractivity contribution in [3.8, 4) is 5.75 Å². The third kappa shape index (κ3) is 4.07. The Labute approximate surface area is 148 Å². The molecule has 6 heteroatoms. The maximum Gasteiger partial charge on any atom is 0.227 e. The van der Waals surface area contributed by atoms with Crippen molar-refractivity contribution >= 4 is 11.7 Å². The first kappa shape index (κ1) is 17.2. The molecule has 1 amide bonds. The van der Waals surface area contributed by atoms with Gasteiger partial charge in [0.25, 0.3) is 0 Å². The third-order valence-electron chi connectivity index (χ3n) is 4.47. The minimum atomic E-state index is 0.153. The fraction of sp³-hybridized carbons (Fsp3) is 0.421. The highest BCUT2D eigenvalue weighted by molar-refractivity contribution is 5.79. The Morgan fingerprint density at radius 1 is 1.20 bits per heavy atom. The lowest BCUT2D eigenvalue weighted by molar-refractivity contribution is -0.130. The Hall–Kier alpha value is -2.63. The minimum Gasteiger partial charge on any atom is -0.497 e. The lowest BCUT2D eigenvalue weighted by Crippen LogP contribution is -2.49. The van der Waals surface area contributed by atoms with E-state index in [9.17, 15) is 4.79 Å². The van der Waals surface area contributed by atoms with Crippen LogP contribution in [0.3, 0.4) is 0 Å².